The van der Waals surface area contributed by atoms with Gasteiger partial charge in [-0.25, -0.2) is 4.68 Å². The van der Waals surface area contributed by atoms with Crippen molar-refractivity contribution in [2.45, 2.75) is 25.3 Å². The second-order valence-electron chi connectivity index (χ2n) is 5.13. The van der Waals surface area contributed by atoms with Crippen molar-refractivity contribution in [2.24, 2.45) is 13.0 Å². The highest BCUT2D eigenvalue weighted by atomic mass is 16.2. The van der Waals surface area contributed by atoms with Gasteiger partial charge in [0.05, 0.1) is 6.04 Å². The molecular weight excluding hydrogens is 256 g/mol. The van der Waals surface area contributed by atoms with Crippen molar-refractivity contribution in [1.82, 2.24) is 30.5 Å². The van der Waals surface area contributed by atoms with Crippen LogP contribution in [0.2, 0.25) is 0 Å². The number of nitrogens with one attached hydrogen (secondary N) is 1. The molecule has 2 heterocycles. The molecule has 0 aromatic carbocycles. The summed E-state index contributed by atoms with van der Waals surface area (Å²) in [4.78, 5) is 16.3. The molecule has 0 spiro atoms. The minimum Gasteiger partial charge on any atom is -0.346 e. The summed E-state index contributed by atoms with van der Waals surface area (Å²) in [7, 11) is 1.76. The molecule has 2 aromatic heterocycles. The number of amides is 1. The summed E-state index contributed by atoms with van der Waals surface area (Å²) in [5.74, 6) is 1.02. The van der Waals surface area contributed by atoms with E-state index in [9.17, 15) is 4.79 Å². The number of carbonyl (C=O) groups is 1. The van der Waals surface area contributed by atoms with Gasteiger partial charge in [0.25, 0.3) is 0 Å². The Morgan fingerprint density at radius 2 is 2.40 bits per heavy atom. The predicted molar refractivity (Wildman–Crippen MR) is 70.4 cm³/mol. The second-order valence-corrected chi connectivity index (χ2v) is 5.13. The Morgan fingerprint density at radius 3 is 3.05 bits per heavy atom. The van der Waals surface area contributed by atoms with E-state index in [1.165, 1.54) is 0 Å². The van der Waals surface area contributed by atoms with Crippen LogP contribution in [0.4, 0.5) is 0 Å². The third-order valence-corrected chi connectivity index (χ3v) is 3.64. The third kappa shape index (κ3) is 2.38. The van der Waals surface area contributed by atoms with Crippen LogP contribution in [0.5, 0.6) is 0 Å². The van der Waals surface area contributed by atoms with Crippen LogP contribution in [-0.2, 0) is 11.8 Å². The second kappa shape index (κ2) is 4.99. The van der Waals surface area contributed by atoms with Crippen molar-refractivity contribution >= 4 is 5.91 Å². The first-order valence-corrected chi connectivity index (χ1v) is 6.59. The molecule has 7 heteroatoms. The maximum absolute atomic E-state index is 12.2. The molecule has 1 unspecified atom stereocenters. The van der Waals surface area contributed by atoms with Crippen LogP contribution in [0.15, 0.2) is 24.5 Å². The van der Waals surface area contributed by atoms with Gasteiger partial charge in [-0.2, -0.15) is 0 Å². The molecule has 20 heavy (non-hydrogen) atoms. The van der Waals surface area contributed by atoms with Crippen LogP contribution in [0.1, 0.15) is 36.7 Å². The molecule has 1 saturated carbocycles. The Labute approximate surface area is 116 Å². The Balaban J connectivity index is 1.60. The van der Waals surface area contributed by atoms with E-state index < -0.39 is 0 Å². The molecular formula is C13H16N6O. The number of nitrogens with zero attached hydrogens (tertiary/aromatic N) is 5. The van der Waals surface area contributed by atoms with E-state index in [0.29, 0.717) is 5.82 Å². The molecule has 1 aliphatic carbocycles. The molecule has 3 atom stereocenters. The predicted octanol–water partition coefficient (Wildman–Crippen LogP) is 0.586. The van der Waals surface area contributed by atoms with Gasteiger partial charge in [0.2, 0.25) is 5.91 Å². The molecule has 1 amide bonds. The number of rotatable bonds is 4. The maximum Gasteiger partial charge on any atom is 0.224 e. The Bertz CT molecular complexity index is 610. The van der Waals surface area contributed by atoms with Gasteiger partial charge in [0, 0.05) is 25.4 Å². The molecule has 0 bridgehead atoms. The number of tetrazole rings is 1. The highest BCUT2D eigenvalue weighted by molar-refractivity contribution is 5.83. The lowest BCUT2D eigenvalue weighted by Gasteiger charge is -2.12. The average molecular weight is 272 g/mol. The van der Waals surface area contributed by atoms with Gasteiger partial charge in [-0.15, -0.1) is 5.10 Å². The van der Waals surface area contributed by atoms with E-state index in [4.69, 9.17) is 0 Å². The van der Waals surface area contributed by atoms with Gasteiger partial charge in [-0.1, -0.05) is 6.07 Å². The lowest BCUT2D eigenvalue weighted by Crippen LogP contribution is -2.30. The van der Waals surface area contributed by atoms with Crippen molar-refractivity contribution in [1.29, 1.82) is 0 Å². The van der Waals surface area contributed by atoms with Crippen LogP contribution in [0, 0.1) is 5.92 Å². The summed E-state index contributed by atoms with van der Waals surface area (Å²) in [5, 5.41) is 14.2. The molecule has 1 N–H and O–H groups in total. The molecule has 0 radical (unpaired) electrons. The SMILES string of the molecule is CC(NC(=O)[C@@H]1C[C@H]1c1cccnc1)c1nnnn1C. The Kier molecular flexibility index (Phi) is 3.17. The molecule has 104 valence electrons. The molecule has 7 nitrogen and oxygen atoms in total. The standard InChI is InChI=1S/C13H16N6O/c1-8(12-16-17-18-19(12)2)15-13(20)11-6-10(11)9-4-3-5-14-7-9/h3-5,7-8,10-11H,6H2,1-2H3,(H,15,20)/t8?,10-,11+/m0/s1. The van der Waals surface area contributed by atoms with Crippen LogP contribution in [0.25, 0.3) is 0 Å². The largest absolute Gasteiger partial charge is 0.346 e. The molecule has 3 rings (SSSR count). The van der Waals surface area contributed by atoms with Gasteiger partial charge in [0.1, 0.15) is 0 Å². The third-order valence-electron chi connectivity index (χ3n) is 3.64. The summed E-state index contributed by atoms with van der Waals surface area (Å²) in [5.41, 5.74) is 1.13. The van der Waals surface area contributed by atoms with Crippen molar-refractivity contribution < 1.29 is 4.79 Å². The zero-order chi connectivity index (χ0) is 14.1. The number of pyridine rings is 1. The first-order chi connectivity index (χ1) is 9.66. The Morgan fingerprint density at radius 1 is 1.55 bits per heavy atom. The van der Waals surface area contributed by atoms with E-state index >= 15 is 0 Å². The van der Waals surface area contributed by atoms with E-state index in [1.54, 1.807) is 17.9 Å². The van der Waals surface area contributed by atoms with E-state index in [2.05, 4.69) is 25.8 Å². The van der Waals surface area contributed by atoms with Crippen molar-refractivity contribution in [3.05, 3.63) is 35.9 Å². The summed E-state index contributed by atoms with van der Waals surface area (Å²) >= 11 is 0. The molecule has 1 fully saturated rings. The number of hydrogen-bond donors (Lipinski definition) is 1. The van der Waals surface area contributed by atoms with Crippen LogP contribution in [-0.4, -0.2) is 31.1 Å². The molecule has 1 aliphatic rings. The summed E-state index contributed by atoms with van der Waals surface area (Å²) < 4.78 is 1.57. The van der Waals surface area contributed by atoms with E-state index in [-0.39, 0.29) is 23.8 Å². The molecule has 0 saturated heterocycles. The number of carbonyl (C=O) groups excluding carboxylic acids is 1. The van der Waals surface area contributed by atoms with Gasteiger partial charge in [-0.3, -0.25) is 9.78 Å². The summed E-state index contributed by atoms with van der Waals surface area (Å²) in [6.45, 7) is 1.88. The van der Waals surface area contributed by atoms with Gasteiger partial charge < -0.3 is 5.32 Å². The normalized spacial score (nSPS) is 22.3. The topological polar surface area (TPSA) is 85.6 Å². The van der Waals surface area contributed by atoms with Crippen molar-refractivity contribution in [3.63, 3.8) is 0 Å². The van der Waals surface area contributed by atoms with Crippen LogP contribution < -0.4 is 5.32 Å². The van der Waals surface area contributed by atoms with Crippen LogP contribution in [0.3, 0.4) is 0 Å². The fourth-order valence-electron chi connectivity index (χ4n) is 2.44. The van der Waals surface area contributed by atoms with Crippen LogP contribution >= 0.6 is 0 Å². The Hall–Kier alpha value is -2.31. The monoisotopic (exact) mass is 272 g/mol. The smallest absolute Gasteiger partial charge is 0.224 e. The quantitative estimate of drug-likeness (QED) is 0.880. The highest BCUT2D eigenvalue weighted by Crippen LogP contribution is 2.47. The zero-order valence-corrected chi connectivity index (χ0v) is 11.4. The van der Waals surface area contributed by atoms with Crippen molar-refractivity contribution in [3.8, 4) is 0 Å². The number of aromatic nitrogens is 5. The minimum absolute atomic E-state index is 0.0304. The zero-order valence-electron chi connectivity index (χ0n) is 11.4. The minimum atomic E-state index is -0.197. The van der Waals surface area contributed by atoms with E-state index in [1.807, 2.05) is 25.3 Å². The first-order valence-electron chi connectivity index (χ1n) is 6.59. The maximum atomic E-state index is 12.2. The lowest BCUT2D eigenvalue weighted by atomic mass is 10.1. The van der Waals surface area contributed by atoms with Crippen molar-refractivity contribution in [2.75, 3.05) is 0 Å². The number of aryl methyl sites for hydroxylation is 1. The average Bonchev–Trinajstić information content (AvgIpc) is 3.15. The first kappa shape index (κ1) is 12.7. The fourth-order valence-corrected chi connectivity index (χ4v) is 2.44. The van der Waals surface area contributed by atoms with Gasteiger partial charge >= 0.3 is 0 Å². The number of hydrogen-bond acceptors (Lipinski definition) is 5. The highest BCUT2D eigenvalue weighted by Gasteiger charge is 2.44. The molecule has 2 aromatic rings. The summed E-state index contributed by atoms with van der Waals surface area (Å²) in [6, 6.07) is 3.72. The summed E-state index contributed by atoms with van der Waals surface area (Å²) in [6.07, 6.45) is 4.44. The van der Waals surface area contributed by atoms with Gasteiger partial charge in [-0.05, 0) is 41.3 Å². The lowest BCUT2D eigenvalue weighted by molar-refractivity contribution is -0.123. The van der Waals surface area contributed by atoms with Gasteiger partial charge in [0.15, 0.2) is 5.82 Å². The molecule has 0 aliphatic heterocycles. The fraction of sp³-hybridized carbons (Fsp3) is 0.462. The van der Waals surface area contributed by atoms with E-state index in [0.717, 1.165) is 12.0 Å².